The van der Waals surface area contributed by atoms with Gasteiger partial charge in [-0.15, -0.1) is 0 Å². The second-order valence-electron chi connectivity index (χ2n) is 5.41. The average Bonchev–Trinajstić information content (AvgIpc) is 2.75. The molecule has 0 heterocycles. The van der Waals surface area contributed by atoms with Crippen molar-refractivity contribution in [3.8, 4) is 0 Å². The molecule has 8 heteroatoms. The molecular weight excluding hydrogens is 417 g/mol. The molecule has 0 spiro atoms. The third-order valence-electron chi connectivity index (χ3n) is 3.50. The van der Waals surface area contributed by atoms with E-state index in [1.54, 1.807) is 36.4 Å². The zero-order chi connectivity index (χ0) is 20.4. The van der Waals surface area contributed by atoms with Crippen molar-refractivity contribution in [3.63, 3.8) is 0 Å². The van der Waals surface area contributed by atoms with Crippen LogP contribution in [0.5, 0.6) is 0 Å². The Kier molecular flexibility index (Phi) is 9.16. The molecule has 0 amide bonds. The van der Waals surface area contributed by atoms with Crippen molar-refractivity contribution >= 4 is 53.2 Å². The van der Waals surface area contributed by atoms with Gasteiger partial charge in [0.1, 0.15) is 12.1 Å². The van der Waals surface area contributed by atoms with Gasteiger partial charge in [-0.05, 0) is 90.6 Å². The van der Waals surface area contributed by atoms with Gasteiger partial charge in [0, 0.05) is 33.8 Å². The lowest BCUT2D eigenvalue weighted by Crippen LogP contribution is -1.88. The number of anilines is 2. The predicted octanol–water partition coefficient (Wildman–Crippen LogP) is 6.10. The Morgan fingerprint density at radius 1 is 0.964 bits per heavy atom. The van der Waals surface area contributed by atoms with E-state index in [1.165, 1.54) is 30.0 Å². The number of nitrogens with one attached hydrogen (secondary N) is 2. The molecule has 0 atom stereocenters. The van der Waals surface area contributed by atoms with Gasteiger partial charge in [0.2, 0.25) is 0 Å². The van der Waals surface area contributed by atoms with Crippen molar-refractivity contribution in [2.24, 2.45) is 5.14 Å². The van der Waals surface area contributed by atoms with Gasteiger partial charge in [-0.1, -0.05) is 11.6 Å². The number of carbonyl (C=O) groups excluding carboxylic acids is 1. The van der Waals surface area contributed by atoms with Crippen molar-refractivity contribution in [1.82, 2.24) is 0 Å². The molecule has 0 saturated heterocycles. The van der Waals surface area contributed by atoms with Gasteiger partial charge < -0.3 is 10.0 Å². The SMILES string of the molecule is CNc1ccc(SN)cc1.O=Cc1ccc(NSc2ccc(F)c(Cl)c2)cc1. The fourth-order valence-electron chi connectivity index (χ4n) is 1.99. The predicted molar refractivity (Wildman–Crippen MR) is 119 cm³/mol. The Morgan fingerprint density at radius 2 is 1.57 bits per heavy atom. The number of halogens is 2. The number of rotatable bonds is 6. The first-order chi connectivity index (χ1) is 13.5. The molecule has 146 valence electrons. The minimum absolute atomic E-state index is 0.0955. The average molecular weight is 436 g/mol. The molecule has 0 aliphatic carbocycles. The molecule has 0 aromatic heterocycles. The molecule has 0 fully saturated rings. The van der Waals surface area contributed by atoms with Crippen LogP contribution in [-0.4, -0.2) is 13.3 Å². The Morgan fingerprint density at radius 3 is 2.11 bits per heavy atom. The van der Waals surface area contributed by atoms with E-state index in [1.807, 2.05) is 31.3 Å². The first kappa shape index (κ1) is 22.1. The monoisotopic (exact) mass is 435 g/mol. The first-order valence-corrected chi connectivity index (χ1v) is 10.2. The highest BCUT2D eigenvalue weighted by molar-refractivity contribution is 8.00. The Hall–Kier alpha value is -2.19. The highest BCUT2D eigenvalue weighted by Crippen LogP contribution is 2.25. The molecule has 0 saturated carbocycles. The van der Waals surface area contributed by atoms with Crippen LogP contribution in [0.15, 0.2) is 76.5 Å². The zero-order valence-corrected chi connectivity index (χ0v) is 17.4. The van der Waals surface area contributed by atoms with Crippen molar-refractivity contribution in [2.75, 3.05) is 17.1 Å². The zero-order valence-electron chi connectivity index (χ0n) is 15.0. The van der Waals surface area contributed by atoms with E-state index in [2.05, 4.69) is 10.0 Å². The van der Waals surface area contributed by atoms with Crippen LogP contribution >= 0.6 is 35.5 Å². The van der Waals surface area contributed by atoms with E-state index >= 15 is 0 Å². The summed E-state index contributed by atoms with van der Waals surface area (Å²) in [6.45, 7) is 0. The first-order valence-electron chi connectivity index (χ1n) is 8.13. The quantitative estimate of drug-likeness (QED) is 0.321. The minimum atomic E-state index is -0.434. The van der Waals surface area contributed by atoms with E-state index < -0.39 is 5.82 Å². The Balaban J connectivity index is 0.000000237. The van der Waals surface area contributed by atoms with Gasteiger partial charge in [0.25, 0.3) is 0 Å². The number of hydrogen-bond acceptors (Lipinski definition) is 6. The third kappa shape index (κ3) is 7.09. The summed E-state index contributed by atoms with van der Waals surface area (Å²) in [6.07, 6.45) is 0.788. The highest BCUT2D eigenvalue weighted by atomic mass is 35.5. The second kappa shape index (κ2) is 11.6. The summed E-state index contributed by atoms with van der Waals surface area (Å²) in [7, 11) is 1.89. The molecular formula is C20H19ClFN3OS2. The maximum absolute atomic E-state index is 13.0. The van der Waals surface area contributed by atoms with Crippen molar-refractivity contribution in [2.45, 2.75) is 9.79 Å². The van der Waals surface area contributed by atoms with Gasteiger partial charge in [-0.3, -0.25) is 9.93 Å². The van der Waals surface area contributed by atoms with Gasteiger partial charge >= 0.3 is 0 Å². The van der Waals surface area contributed by atoms with Crippen LogP contribution in [0.25, 0.3) is 0 Å². The number of carbonyl (C=O) groups is 1. The summed E-state index contributed by atoms with van der Waals surface area (Å²) in [6, 6.07) is 19.5. The topological polar surface area (TPSA) is 67.1 Å². The van der Waals surface area contributed by atoms with Crippen molar-refractivity contribution in [3.05, 3.63) is 83.1 Å². The summed E-state index contributed by atoms with van der Waals surface area (Å²) >= 11 is 8.26. The Bertz CT molecular complexity index is 870. The van der Waals surface area contributed by atoms with Gasteiger partial charge in [0.05, 0.1) is 5.02 Å². The molecule has 0 bridgehead atoms. The fourth-order valence-corrected chi connectivity index (χ4v) is 3.21. The maximum atomic E-state index is 13.0. The van der Waals surface area contributed by atoms with Crippen LogP contribution < -0.4 is 15.2 Å². The third-order valence-corrected chi connectivity index (χ3v) is 5.17. The largest absolute Gasteiger partial charge is 0.388 e. The summed E-state index contributed by atoms with van der Waals surface area (Å²) in [5, 5.41) is 8.46. The number of benzene rings is 3. The van der Waals surface area contributed by atoms with Crippen LogP contribution in [0, 0.1) is 5.82 Å². The summed E-state index contributed by atoms with van der Waals surface area (Å²) in [5.41, 5.74) is 2.58. The van der Waals surface area contributed by atoms with Gasteiger partial charge in [0.15, 0.2) is 0 Å². The van der Waals surface area contributed by atoms with Crippen molar-refractivity contribution in [1.29, 1.82) is 0 Å². The minimum Gasteiger partial charge on any atom is -0.388 e. The number of nitrogens with two attached hydrogens (primary N) is 1. The molecule has 3 aromatic carbocycles. The van der Waals surface area contributed by atoms with E-state index in [9.17, 15) is 9.18 Å². The molecule has 0 unspecified atom stereocenters. The normalized spacial score (nSPS) is 9.86. The van der Waals surface area contributed by atoms with Crippen LogP contribution in [0.4, 0.5) is 15.8 Å². The molecule has 0 aliphatic heterocycles. The van der Waals surface area contributed by atoms with Crippen LogP contribution in [0.1, 0.15) is 10.4 Å². The summed E-state index contributed by atoms with van der Waals surface area (Å²) in [4.78, 5) is 12.4. The number of aldehydes is 1. The van der Waals surface area contributed by atoms with Gasteiger partial charge in [-0.2, -0.15) is 0 Å². The summed E-state index contributed by atoms with van der Waals surface area (Å²) in [5.74, 6) is -0.434. The molecule has 3 rings (SSSR count). The number of hydrogen-bond donors (Lipinski definition) is 3. The lowest BCUT2D eigenvalue weighted by atomic mass is 10.2. The lowest BCUT2D eigenvalue weighted by molar-refractivity contribution is 0.112. The van der Waals surface area contributed by atoms with E-state index in [-0.39, 0.29) is 5.02 Å². The fraction of sp³-hybridized carbons (Fsp3) is 0.0500. The van der Waals surface area contributed by atoms with Crippen LogP contribution in [0.2, 0.25) is 5.02 Å². The standard InChI is InChI=1S/C13H9ClFNOS.C7H10N2S/c14-12-7-11(5-6-13(12)15)18-16-10-3-1-9(8-17)2-4-10;1-9-6-2-4-7(10-8)5-3-6/h1-8,16H;2-5,9H,8H2,1H3. The molecule has 4 N–H and O–H groups in total. The highest BCUT2D eigenvalue weighted by Gasteiger charge is 2.01. The molecule has 0 radical (unpaired) electrons. The lowest BCUT2D eigenvalue weighted by Gasteiger charge is -2.06. The second-order valence-corrected chi connectivity index (χ2v) is 7.41. The smallest absolute Gasteiger partial charge is 0.150 e. The van der Waals surface area contributed by atoms with Crippen LogP contribution in [-0.2, 0) is 0 Å². The van der Waals surface area contributed by atoms with Crippen LogP contribution in [0.3, 0.4) is 0 Å². The van der Waals surface area contributed by atoms with E-state index in [4.69, 9.17) is 16.7 Å². The summed E-state index contributed by atoms with van der Waals surface area (Å²) < 4.78 is 16.0. The van der Waals surface area contributed by atoms with Crippen molar-refractivity contribution < 1.29 is 9.18 Å². The van der Waals surface area contributed by atoms with Gasteiger partial charge in [-0.25, -0.2) is 4.39 Å². The maximum Gasteiger partial charge on any atom is 0.150 e. The molecule has 4 nitrogen and oxygen atoms in total. The van der Waals surface area contributed by atoms with E-state index in [0.29, 0.717) is 5.56 Å². The molecule has 0 aliphatic rings. The molecule has 28 heavy (non-hydrogen) atoms. The molecule has 3 aromatic rings. The van der Waals surface area contributed by atoms with E-state index in [0.717, 1.165) is 27.5 Å². The Labute approximate surface area is 177 Å².